The minimum Gasteiger partial charge on any atom is -0.472 e. The van der Waals surface area contributed by atoms with E-state index in [0.29, 0.717) is 0 Å². The Bertz CT molecular complexity index is 3050. The van der Waals surface area contributed by atoms with E-state index in [0.717, 1.165) is 5.56 Å². The third-order valence-electron chi connectivity index (χ3n) is 10.8. The smallest absolute Gasteiger partial charge is 0.0981 e. The molecule has 0 unspecified atom stereocenters. The van der Waals surface area contributed by atoms with E-state index in [1.807, 2.05) is 17.6 Å². The van der Waals surface area contributed by atoms with Gasteiger partial charge in [-0.2, -0.15) is 0 Å². The molecule has 0 bridgehead atoms. The van der Waals surface area contributed by atoms with Gasteiger partial charge in [-0.1, -0.05) is 158 Å². The molecule has 0 amide bonds. The fourth-order valence-corrected chi connectivity index (χ4v) is 9.97. The minimum atomic E-state index is 1.10. The Balaban J connectivity index is 1.25. The van der Waals surface area contributed by atoms with Crippen LogP contribution in [0.2, 0.25) is 0 Å². The van der Waals surface area contributed by atoms with Gasteiger partial charge >= 0.3 is 0 Å². The Morgan fingerprint density at radius 1 is 0.327 bits per heavy atom. The van der Waals surface area contributed by atoms with Crippen LogP contribution in [0.5, 0.6) is 0 Å². The van der Waals surface area contributed by atoms with Crippen LogP contribution in [-0.2, 0) is 0 Å². The summed E-state index contributed by atoms with van der Waals surface area (Å²) < 4.78 is 8.22. The molecule has 11 aromatic rings. The molecule has 0 saturated carbocycles. The van der Waals surface area contributed by atoms with Crippen molar-refractivity contribution in [2.24, 2.45) is 0 Å². The van der Waals surface area contributed by atoms with E-state index < -0.39 is 0 Å². The summed E-state index contributed by atoms with van der Waals surface area (Å²) in [5.41, 5.74) is 9.96. The summed E-state index contributed by atoms with van der Waals surface area (Å²) in [4.78, 5) is 0. The lowest BCUT2D eigenvalue weighted by molar-refractivity contribution is 0.568. The Labute approximate surface area is 304 Å². The fourth-order valence-electron chi connectivity index (χ4n) is 8.72. The van der Waals surface area contributed by atoms with Gasteiger partial charge in [0.25, 0.3) is 0 Å². The van der Waals surface area contributed by atoms with E-state index in [-0.39, 0.29) is 0 Å². The number of hydrogen-bond donors (Lipinski definition) is 0. The largest absolute Gasteiger partial charge is 0.472 e. The van der Waals surface area contributed by atoms with E-state index in [4.69, 9.17) is 4.42 Å². The first-order valence-corrected chi connectivity index (χ1v) is 18.6. The number of rotatable bonds is 4. The molecule has 0 fully saturated rings. The predicted octanol–water partition coefficient (Wildman–Crippen LogP) is 14.9. The fraction of sp³-hybridized carbons (Fsp3) is 0. The molecule has 242 valence electrons. The molecule has 0 N–H and O–H groups in total. The molecule has 52 heavy (non-hydrogen) atoms. The van der Waals surface area contributed by atoms with Gasteiger partial charge in [0, 0.05) is 36.9 Å². The first kappa shape index (κ1) is 29.3. The third kappa shape index (κ3) is 4.22. The number of fused-ring (bicyclic) bond motifs is 7. The van der Waals surface area contributed by atoms with Crippen molar-refractivity contribution >= 4 is 74.6 Å². The van der Waals surface area contributed by atoms with Crippen LogP contribution in [0.15, 0.2) is 187 Å². The summed E-state index contributed by atoms with van der Waals surface area (Å²) in [5, 5.41) is 12.6. The predicted molar refractivity (Wildman–Crippen MR) is 223 cm³/mol. The summed E-state index contributed by atoms with van der Waals surface area (Å²) in [6.07, 6.45) is 3.63. The molecular formula is C50H30OS. The lowest BCUT2D eigenvalue weighted by atomic mass is 9.84. The topological polar surface area (TPSA) is 13.1 Å². The Morgan fingerprint density at radius 3 is 1.31 bits per heavy atom. The van der Waals surface area contributed by atoms with Gasteiger partial charge in [-0.15, -0.1) is 11.3 Å². The van der Waals surface area contributed by atoms with Gasteiger partial charge in [0.1, 0.15) is 0 Å². The number of furan rings is 1. The standard InChI is InChI=1S/C50H30OS/c1-2-14-31(15-3-1)45-33-16-4-10-22-39(33)48(40-23-11-5-17-34(40)45)42-25-12-26-43-49-41(24-13-27-44(49)52-50(42)43)47-37-20-8-6-18-35(37)46(32-28-29-51-30-32)36-19-7-9-21-38(36)47/h1-30H. The van der Waals surface area contributed by atoms with Crippen LogP contribution >= 0.6 is 11.3 Å². The molecule has 0 radical (unpaired) electrons. The van der Waals surface area contributed by atoms with Gasteiger partial charge in [-0.05, 0) is 83.0 Å². The van der Waals surface area contributed by atoms with Gasteiger partial charge < -0.3 is 4.42 Å². The molecule has 0 spiro atoms. The highest BCUT2D eigenvalue weighted by molar-refractivity contribution is 7.26. The Hall–Kier alpha value is -6.48. The Morgan fingerprint density at radius 2 is 0.769 bits per heavy atom. The van der Waals surface area contributed by atoms with Gasteiger partial charge in [0.05, 0.1) is 12.5 Å². The molecule has 2 aromatic heterocycles. The summed E-state index contributed by atoms with van der Waals surface area (Å²) in [5.74, 6) is 0. The second kappa shape index (κ2) is 11.5. The van der Waals surface area contributed by atoms with Crippen LogP contribution in [-0.4, -0.2) is 0 Å². The van der Waals surface area contributed by atoms with E-state index in [9.17, 15) is 0 Å². The van der Waals surface area contributed by atoms with Crippen molar-refractivity contribution in [1.82, 2.24) is 0 Å². The molecule has 0 aliphatic heterocycles. The van der Waals surface area contributed by atoms with Crippen LogP contribution in [0.25, 0.3) is 108 Å². The average molecular weight is 679 g/mol. The van der Waals surface area contributed by atoms with E-state index in [1.54, 1.807) is 6.26 Å². The maximum Gasteiger partial charge on any atom is 0.0981 e. The minimum absolute atomic E-state index is 1.10. The summed E-state index contributed by atoms with van der Waals surface area (Å²) in [6, 6.07) is 62.3. The zero-order valence-electron chi connectivity index (χ0n) is 28.1. The van der Waals surface area contributed by atoms with Gasteiger partial charge in [0.15, 0.2) is 0 Å². The van der Waals surface area contributed by atoms with Crippen molar-refractivity contribution in [2.75, 3.05) is 0 Å². The van der Waals surface area contributed by atoms with Crippen LogP contribution < -0.4 is 0 Å². The molecule has 0 aliphatic rings. The molecular weight excluding hydrogens is 649 g/mol. The van der Waals surface area contributed by atoms with Crippen LogP contribution in [0, 0.1) is 0 Å². The first-order valence-electron chi connectivity index (χ1n) is 17.7. The molecule has 11 rings (SSSR count). The molecule has 2 heterocycles. The molecule has 0 atom stereocenters. The third-order valence-corrected chi connectivity index (χ3v) is 12.0. The van der Waals surface area contributed by atoms with Crippen molar-refractivity contribution in [3.05, 3.63) is 182 Å². The normalized spacial score (nSPS) is 11.8. The lowest BCUT2D eigenvalue weighted by Gasteiger charge is -2.18. The number of hydrogen-bond acceptors (Lipinski definition) is 2. The maximum atomic E-state index is 5.61. The monoisotopic (exact) mass is 678 g/mol. The average Bonchev–Trinajstić information content (AvgIpc) is 3.88. The van der Waals surface area contributed by atoms with E-state index in [1.165, 1.54) is 102 Å². The molecule has 0 saturated heterocycles. The first-order chi connectivity index (χ1) is 25.8. The van der Waals surface area contributed by atoms with Gasteiger partial charge in [-0.3, -0.25) is 0 Å². The van der Waals surface area contributed by atoms with Crippen LogP contribution in [0.3, 0.4) is 0 Å². The van der Waals surface area contributed by atoms with E-state index >= 15 is 0 Å². The number of benzene rings is 9. The number of thiophene rings is 1. The molecule has 2 heteroatoms. The Kier molecular flexibility index (Phi) is 6.49. The quantitative estimate of drug-likeness (QED) is 0.169. The second-order valence-electron chi connectivity index (χ2n) is 13.5. The molecule has 9 aromatic carbocycles. The summed E-state index contributed by atoms with van der Waals surface area (Å²) in [7, 11) is 0. The highest BCUT2D eigenvalue weighted by atomic mass is 32.1. The second-order valence-corrected chi connectivity index (χ2v) is 14.6. The lowest BCUT2D eigenvalue weighted by Crippen LogP contribution is -1.91. The van der Waals surface area contributed by atoms with Crippen molar-refractivity contribution < 1.29 is 4.42 Å². The highest BCUT2D eigenvalue weighted by Crippen LogP contribution is 2.51. The van der Waals surface area contributed by atoms with E-state index in [2.05, 4.69) is 170 Å². The maximum absolute atomic E-state index is 5.61. The van der Waals surface area contributed by atoms with Gasteiger partial charge in [-0.25, -0.2) is 0 Å². The highest BCUT2D eigenvalue weighted by Gasteiger charge is 2.22. The van der Waals surface area contributed by atoms with Crippen molar-refractivity contribution in [3.63, 3.8) is 0 Å². The zero-order valence-corrected chi connectivity index (χ0v) is 29.0. The summed E-state index contributed by atoms with van der Waals surface area (Å²) >= 11 is 1.91. The molecule has 1 nitrogen and oxygen atoms in total. The van der Waals surface area contributed by atoms with Crippen molar-refractivity contribution in [1.29, 1.82) is 0 Å². The molecule has 0 aliphatic carbocycles. The SMILES string of the molecule is c1ccc(-c2c3ccccc3c(-c3cccc4c3sc3cccc(-c5c6ccccc6c(-c6ccoc6)c6ccccc56)c34)c3ccccc23)cc1. The van der Waals surface area contributed by atoms with Crippen LogP contribution in [0.1, 0.15) is 0 Å². The summed E-state index contributed by atoms with van der Waals surface area (Å²) in [6.45, 7) is 0. The van der Waals surface area contributed by atoms with Crippen molar-refractivity contribution in [2.45, 2.75) is 0 Å². The van der Waals surface area contributed by atoms with Gasteiger partial charge in [0.2, 0.25) is 0 Å². The van der Waals surface area contributed by atoms with Crippen molar-refractivity contribution in [3.8, 4) is 44.5 Å². The van der Waals surface area contributed by atoms with Crippen LogP contribution in [0.4, 0.5) is 0 Å². The zero-order chi connectivity index (χ0) is 34.2.